The highest BCUT2D eigenvalue weighted by atomic mass is 79.9. The van der Waals surface area contributed by atoms with E-state index in [2.05, 4.69) is 31.2 Å². The molecule has 0 unspecified atom stereocenters. The van der Waals surface area contributed by atoms with E-state index >= 15 is 0 Å². The minimum Gasteiger partial charge on any atom is -0.308 e. The molecule has 0 saturated heterocycles. The van der Waals surface area contributed by atoms with Crippen molar-refractivity contribution < 1.29 is 4.79 Å². The van der Waals surface area contributed by atoms with Crippen LogP contribution < -0.4 is 5.32 Å². The average molecular weight is 327 g/mol. The van der Waals surface area contributed by atoms with Crippen LogP contribution >= 0.6 is 27.5 Å². The van der Waals surface area contributed by atoms with Crippen LogP contribution in [-0.2, 0) is 11.2 Å². The van der Waals surface area contributed by atoms with E-state index in [4.69, 9.17) is 11.6 Å². The number of carbonyl (C=O) groups is 1. The molecule has 0 spiro atoms. The smallest absolute Gasteiger partial charge is 0.230 e. The predicted molar refractivity (Wildman–Crippen MR) is 73.5 cm³/mol. The molecule has 0 aliphatic carbocycles. The second-order valence-corrected chi connectivity index (χ2v) is 4.82. The van der Waals surface area contributed by atoms with Crippen LogP contribution in [0.2, 0.25) is 5.15 Å². The molecular formula is C12H9BrClN3O. The predicted octanol–water partition coefficient (Wildman–Crippen LogP) is 3.07. The fourth-order valence-electron chi connectivity index (χ4n) is 1.41. The minimum absolute atomic E-state index is 0.181. The van der Waals surface area contributed by atoms with Gasteiger partial charge in [-0.3, -0.25) is 4.79 Å². The van der Waals surface area contributed by atoms with Crippen molar-refractivity contribution in [1.82, 2.24) is 9.97 Å². The molecule has 0 fully saturated rings. The monoisotopic (exact) mass is 325 g/mol. The Morgan fingerprint density at radius 3 is 2.83 bits per heavy atom. The van der Waals surface area contributed by atoms with Crippen LogP contribution in [0.4, 0.5) is 5.82 Å². The SMILES string of the molecule is O=C(Cc1cccc(Br)c1)Nc1nccnc1Cl. The molecule has 18 heavy (non-hydrogen) atoms. The summed E-state index contributed by atoms with van der Waals surface area (Å²) in [6.45, 7) is 0. The summed E-state index contributed by atoms with van der Waals surface area (Å²) in [7, 11) is 0. The van der Waals surface area contributed by atoms with Gasteiger partial charge in [-0.2, -0.15) is 0 Å². The molecule has 0 aliphatic heterocycles. The van der Waals surface area contributed by atoms with Gasteiger partial charge in [0.2, 0.25) is 5.91 Å². The summed E-state index contributed by atoms with van der Waals surface area (Å²) in [6.07, 6.45) is 3.19. The van der Waals surface area contributed by atoms with Gasteiger partial charge in [-0.1, -0.05) is 39.7 Å². The summed E-state index contributed by atoms with van der Waals surface area (Å²) in [5.41, 5.74) is 0.905. The Kier molecular flexibility index (Phi) is 4.28. The summed E-state index contributed by atoms with van der Waals surface area (Å²) in [5, 5.41) is 2.80. The Hall–Kier alpha value is -1.46. The number of nitrogens with zero attached hydrogens (tertiary/aromatic N) is 2. The highest BCUT2D eigenvalue weighted by molar-refractivity contribution is 9.10. The zero-order chi connectivity index (χ0) is 13.0. The normalized spacial score (nSPS) is 10.1. The summed E-state index contributed by atoms with van der Waals surface area (Å²) >= 11 is 9.16. The van der Waals surface area contributed by atoms with Crippen molar-refractivity contribution in [1.29, 1.82) is 0 Å². The third kappa shape index (κ3) is 3.51. The summed E-state index contributed by atoms with van der Waals surface area (Å²) in [5.74, 6) is 0.0923. The summed E-state index contributed by atoms with van der Waals surface area (Å²) in [6, 6.07) is 7.55. The van der Waals surface area contributed by atoms with E-state index in [0.717, 1.165) is 10.0 Å². The van der Waals surface area contributed by atoms with E-state index in [-0.39, 0.29) is 23.3 Å². The maximum absolute atomic E-state index is 11.8. The van der Waals surface area contributed by atoms with E-state index in [1.807, 2.05) is 24.3 Å². The Bertz CT molecular complexity index is 577. The van der Waals surface area contributed by atoms with Gasteiger partial charge in [0.15, 0.2) is 11.0 Å². The van der Waals surface area contributed by atoms with Crippen molar-refractivity contribution in [3.63, 3.8) is 0 Å². The van der Waals surface area contributed by atoms with Crippen LogP contribution in [-0.4, -0.2) is 15.9 Å². The lowest BCUT2D eigenvalue weighted by Gasteiger charge is -2.05. The molecule has 1 N–H and O–H groups in total. The summed E-state index contributed by atoms with van der Waals surface area (Å²) in [4.78, 5) is 19.6. The van der Waals surface area contributed by atoms with Crippen molar-refractivity contribution in [2.24, 2.45) is 0 Å². The van der Waals surface area contributed by atoms with Crippen molar-refractivity contribution >= 4 is 39.3 Å². The largest absolute Gasteiger partial charge is 0.308 e. The van der Waals surface area contributed by atoms with Crippen LogP contribution in [0.1, 0.15) is 5.56 Å². The van der Waals surface area contributed by atoms with Gasteiger partial charge in [0.25, 0.3) is 0 Å². The maximum Gasteiger partial charge on any atom is 0.230 e. The van der Waals surface area contributed by atoms with Crippen LogP contribution in [0.5, 0.6) is 0 Å². The standard InChI is InChI=1S/C12H9BrClN3O/c13-9-3-1-2-8(6-9)7-10(18)17-12-11(14)15-4-5-16-12/h1-6H,7H2,(H,16,17,18). The Labute approximate surface area is 118 Å². The Morgan fingerprint density at radius 2 is 2.11 bits per heavy atom. The first-order chi connectivity index (χ1) is 8.65. The van der Waals surface area contributed by atoms with E-state index in [1.54, 1.807) is 0 Å². The van der Waals surface area contributed by atoms with Crippen LogP contribution in [0.15, 0.2) is 41.1 Å². The lowest BCUT2D eigenvalue weighted by Crippen LogP contribution is -2.15. The molecule has 1 aromatic carbocycles. The van der Waals surface area contributed by atoms with Crippen molar-refractivity contribution in [2.45, 2.75) is 6.42 Å². The number of rotatable bonds is 3. The van der Waals surface area contributed by atoms with E-state index in [0.29, 0.717) is 0 Å². The molecule has 1 amide bonds. The molecule has 1 heterocycles. The van der Waals surface area contributed by atoms with E-state index < -0.39 is 0 Å². The molecule has 2 aromatic rings. The number of benzene rings is 1. The van der Waals surface area contributed by atoms with Gasteiger partial charge >= 0.3 is 0 Å². The number of hydrogen-bond acceptors (Lipinski definition) is 3. The molecule has 0 radical (unpaired) electrons. The molecule has 0 saturated carbocycles. The number of amides is 1. The molecular weight excluding hydrogens is 318 g/mol. The molecule has 0 bridgehead atoms. The Balaban J connectivity index is 2.03. The first-order valence-electron chi connectivity index (χ1n) is 5.16. The number of nitrogens with one attached hydrogen (secondary N) is 1. The van der Waals surface area contributed by atoms with Crippen LogP contribution in [0.3, 0.4) is 0 Å². The first-order valence-corrected chi connectivity index (χ1v) is 6.33. The van der Waals surface area contributed by atoms with Gasteiger partial charge in [0, 0.05) is 16.9 Å². The highest BCUT2D eigenvalue weighted by Gasteiger charge is 2.08. The quantitative estimate of drug-likeness (QED) is 0.943. The second-order valence-electron chi connectivity index (χ2n) is 3.55. The van der Waals surface area contributed by atoms with Gasteiger partial charge < -0.3 is 5.32 Å². The topological polar surface area (TPSA) is 54.9 Å². The lowest BCUT2D eigenvalue weighted by molar-refractivity contribution is -0.115. The zero-order valence-corrected chi connectivity index (χ0v) is 11.6. The van der Waals surface area contributed by atoms with Crippen molar-refractivity contribution in [3.8, 4) is 0 Å². The molecule has 92 valence electrons. The van der Waals surface area contributed by atoms with E-state index in [9.17, 15) is 4.79 Å². The highest BCUT2D eigenvalue weighted by Crippen LogP contribution is 2.15. The number of halogens is 2. The van der Waals surface area contributed by atoms with Gasteiger partial charge in [0.1, 0.15) is 0 Å². The first kappa shape index (κ1) is 13.0. The zero-order valence-electron chi connectivity index (χ0n) is 9.23. The van der Waals surface area contributed by atoms with Crippen molar-refractivity contribution in [2.75, 3.05) is 5.32 Å². The third-order valence-corrected chi connectivity index (χ3v) is 2.93. The van der Waals surface area contributed by atoms with Gasteiger partial charge in [-0.15, -0.1) is 0 Å². The van der Waals surface area contributed by atoms with Gasteiger partial charge in [-0.25, -0.2) is 9.97 Å². The second kappa shape index (κ2) is 5.93. The van der Waals surface area contributed by atoms with Gasteiger partial charge in [0.05, 0.1) is 6.42 Å². The molecule has 2 rings (SSSR count). The van der Waals surface area contributed by atoms with Gasteiger partial charge in [-0.05, 0) is 17.7 Å². The number of hydrogen-bond donors (Lipinski definition) is 1. The average Bonchev–Trinajstić information content (AvgIpc) is 2.32. The minimum atomic E-state index is -0.185. The lowest BCUT2D eigenvalue weighted by atomic mass is 10.1. The molecule has 0 atom stereocenters. The fraction of sp³-hybridized carbons (Fsp3) is 0.0833. The number of anilines is 1. The van der Waals surface area contributed by atoms with Crippen LogP contribution in [0, 0.1) is 0 Å². The summed E-state index contributed by atoms with van der Waals surface area (Å²) < 4.78 is 0.935. The Morgan fingerprint density at radius 1 is 1.33 bits per heavy atom. The molecule has 6 heteroatoms. The molecule has 1 aromatic heterocycles. The van der Waals surface area contributed by atoms with Crippen LogP contribution in [0.25, 0.3) is 0 Å². The maximum atomic E-state index is 11.8. The van der Waals surface area contributed by atoms with Crippen molar-refractivity contribution in [3.05, 3.63) is 51.8 Å². The number of carbonyl (C=O) groups excluding carboxylic acids is 1. The molecule has 0 aliphatic rings. The third-order valence-electron chi connectivity index (χ3n) is 2.17. The number of aromatic nitrogens is 2. The van der Waals surface area contributed by atoms with E-state index in [1.165, 1.54) is 12.4 Å². The molecule has 4 nitrogen and oxygen atoms in total. The fourth-order valence-corrected chi connectivity index (χ4v) is 2.01.